The van der Waals surface area contributed by atoms with E-state index in [0.717, 1.165) is 20.1 Å². The van der Waals surface area contributed by atoms with Gasteiger partial charge in [-0.1, -0.05) is 178 Å². The number of nitrogens with zero attached hydrogens (tertiary/aromatic N) is 2. The molecule has 284 valence electrons. The van der Waals surface area contributed by atoms with Gasteiger partial charge in [0, 0.05) is 42.1 Å². The van der Waals surface area contributed by atoms with Crippen molar-refractivity contribution in [3.05, 3.63) is 67.6 Å². The van der Waals surface area contributed by atoms with E-state index in [4.69, 9.17) is 24.4 Å². The van der Waals surface area contributed by atoms with Gasteiger partial charge in [0.2, 0.25) is 0 Å². The second-order valence-electron chi connectivity index (χ2n) is 16.2. The number of fused-ring (bicyclic) bond motifs is 8. The van der Waals surface area contributed by atoms with Crippen LogP contribution in [0.25, 0.3) is 63.8 Å². The zero-order valence-corrected chi connectivity index (χ0v) is 36.0. The van der Waals surface area contributed by atoms with Crippen molar-refractivity contribution in [1.29, 1.82) is 0 Å². The van der Waals surface area contributed by atoms with E-state index in [1.54, 1.807) is 0 Å². The van der Waals surface area contributed by atoms with E-state index in [9.17, 15) is 0 Å². The summed E-state index contributed by atoms with van der Waals surface area (Å²) in [6.07, 6.45) is 29.9. The number of aryl methyl sites for hydroxylation is 2. The zero-order chi connectivity index (χ0) is 37.0. The lowest BCUT2D eigenvalue weighted by atomic mass is 9.95. The van der Waals surface area contributed by atoms with Crippen molar-refractivity contribution in [2.24, 2.45) is 0 Å². The smallest absolute Gasteiger partial charge is 0.118 e. The van der Waals surface area contributed by atoms with E-state index in [-0.39, 0.29) is 0 Å². The molecule has 0 aliphatic rings. The number of unbranched alkanes of at least 4 members (excludes halogenated alkanes) is 18. The summed E-state index contributed by atoms with van der Waals surface area (Å²) in [7, 11) is 0. The molecule has 0 fully saturated rings. The van der Waals surface area contributed by atoms with Crippen molar-refractivity contribution in [3.8, 4) is 0 Å². The molecule has 0 bridgehead atoms. The van der Waals surface area contributed by atoms with Gasteiger partial charge in [-0.3, -0.25) is 8.80 Å². The Balaban J connectivity index is 1.000. The lowest BCUT2D eigenvalue weighted by Crippen LogP contribution is -1.95. The molecule has 6 aromatic heterocycles. The fraction of sp³-hybridized carbons (Fsp3) is 0.500. The van der Waals surface area contributed by atoms with Gasteiger partial charge >= 0.3 is 0 Å². The Hall–Kier alpha value is -2.64. The Morgan fingerprint density at radius 3 is 1.11 bits per heavy atom. The SMILES string of the molecule is CCCCCCCCCCCCc1cc2c(cc3c4ccc5c6c(ccc(c(=S)n23)c46)c(=S)n2c3cc(CCCCCCCCCCCC)sc3cc52)s1. The van der Waals surface area contributed by atoms with Gasteiger partial charge in [0.15, 0.2) is 0 Å². The molecule has 0 aliphatic carbocycles. The topological polar surface area (TPSA) is 8.82 Å². The van der Waals surface area contributed by atoms with Gasteiger partial charge in [0.25, 0.3) is 0 Å². The summed E-state index contributed by atoms with van der Waals surface area (Å²) >= 11 is 16.6. The predicted molar refractivity (Wildman–Crippen MR) is 247 cm³/mol. The monoisotopic (exact) mass is 790 g/mol. The number of rotatable bonds is 22. The average Bonchev–Trinajstić information content (AvgIpc) is 3.94. The van der Waals surface area contributed by atoms with Gasteiger partial charge in [-0.15, -0.1) is 22.7 Å². The molecule has 6 heteroatoms. The second-order valence-corrected chi connectivity index (χ2v) is 19.3. The summed E-state index contributed by atoms with van der Waals surface area (Å²) in [4.78, 5) is 2.98. The molecule has 8 rings (SSSR count). The molecule has 0 saturated carbocycles. The molecule has 0 N–H and O–H groups in total. The molecule has 0 spiro atoms. The van der Waals surface area contributed by atoms with Crippen LogP contribution in [0.1, 0.15) is 152 Å². The fourth-order valence-electron chi connectivity index (χ4n) is 9.26. The number of pyridine rings is 2. The van der Waals surface area contributed by atoms with Gasteiger partial charge in [-0.05, 0) is 49.9 Å². The van der Waals surface area contributed by atoms with Gasteiger partial charge in [-0.2, -0.15) is 0 Å². The summed E-state index contributed by atoms with van der Waals surface area (Å²) in [6.45, 7) is 4.59. The van der Waals surface area contributed by atoms with Crippen LogP contribution in [0.5, 0.6) is 0 Å². The van der Waals surface area contributed by atoms with E-state index in [2.05, 4.69) is 71.2 Å². The van der Waals surface area contributed by atoms with Crippen molar-refractivity contribution in [2.75, 3.05) is 0 Å². The third-order valence-corrected chi connectivity index (χ3v) is 15.3. The molecule has 8 aromatic rings. The van der Waals surface area contributed by atoms with Crippen molar-refractivity contribution < 1.29 is 0 Å². The first-order valence-corrected chi connectivity index (χ1v) is 24.0. The lowest BCUT2D eigenvalue weighted by molar-refractivity contribution is 0.557. The Morgan fingerprint density at radius 2 is 0.741 bits per heavy atom. The molecule has 0 saturated heterocycles. The van der Waals surface area contributed by atoms with Crippen LogP contribution in [0.4, 0.5) is 0 Å². The van der Waals surface area contributed by atoms with Crippen LogP contribution >= 0.6 is 47.1 Å². The molecule has 0 amide bonds. The molecule has 0 unspecified atom stereocenters. The normalized spacial score (nSPS) is 12.6. The van der Waals surface area contributed by atoms with Gasteiger partial charge in [-0.25, -0.2) is 0 Å². The van der Waals surface area contributed by atoms with Crippen molar-refractivity contribution in [2.45, 2.75) is 155 Å². The van der Waals surface area contributed by atoms with Crippen LogP contribution in [0.3, 0.4) is 0 Å². The highest BCUT2D eigenvalue weighted by Crippen LogP contribution is 2.43. The minimum absolute atomic E-state index is 0.920. The summed E-state index contributed by atoms with van der Waals surface area (Å²) < 4.78 is 9.26. The molecule has 6 heterocycles. The number of hydrogen-bond acceptors (Lipinski definition) is 4. The predicted octanol–water partition coefficient (Wildman–Crippen LogP) is 17.3. The maximum absolute atomic E-state index is 6.33. The van der Waals surface area contributed by atoms with Crippen molar-refractivity contribution in [3.63, 3.8) is 0 Å². The van der Waals surface area contributed by atoms with E-state index in [0.29, 0.717) is 0 Å². The summed E-state index contributed by atoms with van der Waals surface area (Å²) in [5.74, 6) is 0. The summed E-state index contributed by atoms with van der Waals surface area (Å²) in [5, 5.41) is 7.44. The molecule has 0 atom stereocenters. The first-order chi connectivity index (χ1) is 26.6. The van der Waals surface area contributed by atoms with Gasteiger partial charge < -0.3 is 0 Å². The Morgan fingerprint density at radius 1 is 0.407 bits per heavy atom. The molecule has 0 radical (unpaired) electrons. The molecular formula is C48H58N2S4. The highest BCUT2D eigenvalue weighted by molar-refractivity contribution is 7.71. The maximum atomic E-state index is 6.33. The highest BCUT2D eigenvalue weighted by atomic mass is 32.1. The number of aromatic nitrogens is 2. The van der Waals surface area contributed by atoms with Crippen LogP contribution in [0.2, 0.25) is 0 Å². The molecule has 0 aliphatic heterocycles. The number of hydrogen-bond donors (Lipinski definition) is 0. The fourth-order valence-corrected chi connectivity index (χ4v) is 12.2. The van der Waals surface area contributed by atoms with Crippen LogP contribution in [0.15, 0.2) is 48.5 Å². The molecule has 2 aromatic carbocycles. The van der Waals surface area contributed by atoms with Gasteiger partial charge in [0.1, 0.15) is 9.28 Å². The van der Waals surface area contributed by atoms with Crippen LogP contribution in [-0.4, -0.2) is 8.80 Å². The highest BCUT2D eigenvalue weighted by Gasteiger charge is 2.21. The average molecular weight is 791 g/mol. The van der Waals surface area contributed by atoms with Crippen LogP contribution in [0, 0.1) is 9.28 Å². The third-order valence-electron chi connectivity index (χ3n) is 12.2. The van der Waals surface area contributed by atoms with Crippen molar-refractivity contribution in [1.82, 2.24) is 8.80 Å². The number of benzene rings is 2. The van der Waals surface area contributed by atoms with Crippen LogP contribution in [-0.2, 0) is 12.8 Å². The maximum Gasteiger partial charge on any atom is 0.118 e. The van der Waals surface area contributed by atoms with E-state index in [1.807, 2.05) is 22.7 Å². The van der Waals surface area contributed by atoms with E-state index >= 15 is 0 Å². The van der Waals surface area contributed by atoms with Crippen LogP contribution < -0.4 is 0 Å². The largest absolute Gasteiger partial charge is 0.299 e. The zero-order valence-electron chi connectivity index (χ0n) is 32.7. The molecule has 2 nitrogen and oxygen atoms in total. The first kappa shape index (κ1) is 38.2. The van der Waals surface area contributed by atoms with Crippen molar-refractivity contribution >= 4 is 111 Å². The van der Waals surface area contributed by atoms with Gasteiger partial charge in [0.05, 0.1) is 31.5 Å². The standard InChI is InChI=1S/C48H58N2S4/c1-3-5-7-9-11-13-15-17-19-21-23-33-29-41-43(53-33)31-39-35-25-26-36-40-32-44-42(30-34(54-44)24-22-20-18-16-14-12-10-8-6-4-2)50(40)48(52)38-28-27-37(45(35)46(36)38)47(51)49(39)41/h25-32H,3-24H2,1-2H3. The minimum Gasteiger partial charge on any atom is -0.299 e. The molecular weight excluding hydrogens is 733 g/mol. The minimum atomic E-state index is 0.920. The summed E-state index contributed by atoms with van der Waals surface area (Å²) in [5.41, 5.74) is 5.01. The lowest BCUT2D eigenvalue weighted by Gasteiger charge is -2.14. The quantitative estimate of drug-likeness (QED) is 0.0384. The Kier molecular flexibility index (Phi) is 12.5. The molecule has 54 heavy (non-hydrogen) atoms. The Labute approximate surface area is 340 Å². The first-order valence-electron chi connectivity index (χ1n) is 21.6. The third kappa shape index (κ3) is 7.59. The second kappa shape index (κ2) is 17.7. The van der Waals surface area contributed by atoms with E-state index < -0.39 is 0 Å². The number of thiophene rings is 2. The van der Waals surface area contributed by atoms with E-state index in [1.165, 1.54) is 204 Å². The summed E-state index contributed by atoms with van der Waals surface area (Å²) in [6, 6.07) is 18.9. The Bertz CT molecular complexity index is 2420.